The molecular formula is C17H25NO3. The van der Waals surface area contributed by atoms with E-state index in [1.807, 2.05) is 26.1 Å². The number of benzene rings is 1. The van der Waals surface area contributed by atoms with Crippen LogP contribution in [0.3, 0.4) is 0 Å². The first-order valence-corrected chi connectivity index (χ1v) is 7.61. The van der Waals surface area contributed by atoms with E-state index < -0.39 is 5.54 Å². The second-order valence-corrected chi connectivity index (χ2v) is 5.73. The van der Waals surface area contributed by atoms with Crippen molar-refractivity contribution in [3.8, 4) is 5.75 Å². The monoisotopic (exact) mass is 291 g/mol. The van der Waals surface area contributed by atoms with Gasteiger partial charge in [0.15, 0.2) is 0 Å². The molecule has 0 heterocycles. The molecule has 1 fully saturated rings. The molecule has 1 N–H and O–H groups in total. The lowest BCUT2D eigenvalue weighted by molar-refractivity contribution is -0.151. The molecule has 0 amide bonds. The zero-order valence-corrected chi connectivity index (χ0v) is 13.4. The summed E-state index contributed by atoms with van der Waals surface area (Å²) in [6.07, 6.45) is 2.29. The van der Waals surface area contributed by atoms with Gasteiger partial charge in [-0.25, -0.2) is 0 Å². The Labute approximate surface area is 126 Å². The van der Waals surface area contributed by atoms with Gasteiger partial charge in [0.1, 0.15) is 17.4 Å². The Morgan fingerprint density at radius 2 is 2.19 bits per heavy atom. The molecule has 0 aliphatic heterocycles. The van der Waals surface area contributed by atoms with Gasteiger partial charge in [0.25, 0.3) is 0 Å². The topological polar surface area (TPSA) is 47.6 Å². The highest BCUT2D eigenvalue weighted by Crippen LogP contribution is 2.34. The Hall–Kier alpha value is -1.55. The minimum absolute atomic E-state index is 0.0438. The van der Waals surface area contributed by atoms with Gasteiger partial charge in [-0.1, -0.05) is 12.1 Å². The normalized spacial score (nSPS) is 24.9. The smallest absolute Gasteiger partial charge is 0.326 e. The van der Waals surface area contributed by atoms with Crippen molar-refractivity contribution >= 4 is 5.97 Å². The van der Waals surface area contributed by atoms with Crippen LogP contribution in [0.5, 0.6) is 5.75 Å². The zero-order chi connectivity index (χ0) is 15.5. The van der Waals surface area contributed by atoms with E-state index in [0.29, 0.717) is 13.0 Å². The Morgan fingerprint density at radius 1 is 1.43 bits per heavy atom. The third-order valence-electron chi connectivity index (χ3n) is 4.46. The number of nitrogens with one attached hydrogen (secondary N) is 1. The van der Waals surface area contributed by atoms with Crippen LogP contribution in [0.1, 0.15) is 37.3 Å². The number of likely N-dealkylation sites (N-methyl/N-ethyl adjacent to an activating group) is 1. The second-order valence-electron chi connectivity index (χ2n) is 5.73. The van der Waals surface area contributed by atoms with E-state index in [1.54, 1.807) is 0 Å². The SMILES string of the molecule is CCOC(=O)C1(NC)CCC(Oc2cccc(C)c2C)C1. The lowest BCUT2D eigenvalue weighted by Crippen LogP contribution is -2.49. The second kappa shape index (κ2) is 6.48. The first-order valence-electron chi connectivity index (χ1n) is 7.61. The van der Waals surface area contributed by atoms with Crippen molar-refractivity contribution in [3.05, 3.63) is 29.3 Å². The summed E-state index contributed by atoms with van der Waals surface area (Å²) in [6.45, 7) is 6.38. The molecule has 1 aromatic carbocycles. The van der Waals surface area contributed by atoms with Gasteiger partial charge in [-0.2, -0.15) is 0 Å². The number of rotatable bonds is 5. The van der Waals surface area contributed by atoms with E-state index in [4.69, 9.17) is 9.47 Å². The summed E-state index contributed by atoms with van der Waals surface area (Å²) in [6, 6.07) is 6.07. The minimum Gasteiger partial charge on any atom is -0.490 e. The van der Waals surface area contributed by atoms with Crippen molar-refractivity contribution in [1.82, 2.24) is 5.32 Å². The van der Waals surface area contributed by atoms with E-state index in [1.165, 1.54) is 5.56 Å². The summed E-state index contributed by atoms with van der Waals surface area (Å²) in [5, 5.41) is 3.15. The van der Waals surface area contributed by atoms with E-state index in [2.05, 4.69) is 25.2 Å². The van der Waals surface area contributed by atoms with Crippen molar-refractivity contribution < 1.29 is 14.3 Å². The quantitative estimate of drug-likeness (QED) is 0.847. The molecule has 0 saturated heterocycles. The number of ether oxygens (including phenoxy) is 2. The fraction of sp³-hybridized carbons (Fsp3) is 0.588. The molecule has 4 nitrogen and oxygen atoms in total. The van der Waals surface area contributed by atoms with Crippen LogP contribution in [0, 0.1) is 13.8 Å². The van der Waals surface area contributed by atoms with Gasteiger partial charge < -0.3 is 14.8 Å². The summed E-state index contributed by atoms with van der Waals surface area (Å²) in [4.78, 5) is 12.2. The number of carbonyl (C=O) groups is 1. The molecule has 1 aliphatic rings. The van der Waals surface area contributed by atoms with Crippen molar-refractivity contribution in [1.29, 1.82) is 0 Å². The molecule has 0 spiro atoms. The molecule has 0 aromatic heterocycles. The van der Waals surface area contributed by atoms with Crippen molar-refractivity contribution in [2.75, 3.05) is 13.7 Å². The van der Waals surface area contributed by atoms with Crippen molar-refractivity contribution in [3.63, 3.8) is 0 Å². The van der Waals surface area contributed by atoms with Crippen LogP contribution in [0.25, 0.3) is 0 Å². The Morgan fingerprint density at radius 3 is 2.86 bits per heavy atom. The summed E-state index contributed by atoms with van der Waals surface area (Å²) < 4.78 is 11.3. The molecule has 2 rings (SSSR count). The van der Waals surface area contributed by atoms with Crippen LogP contribution < -0.4 is 10.1 Å². The molecule has 1 aliphatic carbocycles. The summed E-state index contributed by atoms with van der Waals surface area (Å²) >= 11 is 0. The fourth-order valence-corrected chi connectivity index (χ4v) is 2.92. The highest BCUT2D eigenvalue weighted by atomic mass is 16.5. The largest absolute Gasteiger partial charge is 0.490 e. The van der Waals surface area contributed by atoms with Crippen LogP contribution in [0.4, 0.5) is 0 Å². The van der Waals surface area contributed by atoms with Gasteiger partial charge in [-0.15, -0.1) is 0 Å². The number of hydrogen-bond acceptors (Lipinski definition) is 4. The standard InChI is InChI=1S/C17H25NO3/c1-5-20-16(19)17(18-4)10-9-14(11-17)21-15-8-6-7-12(2)13(15)3/h6-8,14,18H,5,9-11H2,1-4H3. The van der Waals surface area contributed by atoms with Gasteiger partial charge in [0, 0.05) is 6.42 Å². The van der Waals surface area contributed by atoms with Crippen LogP contribution in [0.2, 0.25) is 0 Å². The van der Waals surface area contributed by atoms with E-state index >= 15 is 0 Å². The fourth-order valence-electron chi connectivity index (χ4n) is 2.92. The maximum absolute atomic E-state index is 12.2. The molecule has 2 atom stereocenters. The molecule has 116 valence electrons. The average Bonchev–Trinajstić information content (AvgIpc) is 2.89. The number of hydrogen-bond donors (Lipinski definition) is 1. The summed E-state index contributed by atoms with van der Waals surface area (Å²) in [5.74, 6) is 0.746. The van der Waals surface area contributed by atoms with Crippen molar-refractivity contribution in [2.45, 2.75) is 51.7 Å². The maximum Gasteiger partial charge on any atom is 0.326 e. The molecule has 1 aromatic rings. The summed E-state index contributed by atoms with van der Waals surface area (Å²) in [5.41, 5.74) is 1.78. The first-order chi connectivity index (χ1) is 10.0. The molecule has 2 unspecified atom stereocenters. The van der Waals surface area contributed by atoms with Crippen LogP contribution in [-0.4, -0.2) is 31.3 Å². The molecule has 1 saturated carbocycles. The summed E-state index contributed by atoms with van der Waals surface area (Å²) in [7, 11) is 1.82. The first kappa shape index (κ1) is 15.8. The van der Waals surface area contributed by atoms with Gasteiger partial charge >= 0.3 is 5.97 Å². The maximum atomic E-state index is 12.2. The van der Waals surface area contributed by atoms with Crippen LogP contribution >= 0.6 is 0 Å². The molecule has 0 bridgehead atoms. The molecule has 4 heteroatoms. The van der Waals surface area contributed by atoms with E-state index in [0.717, 1.165) is 24.2 Å². The lowest BCUT2D eigenvalue weighted by Gasteiger charge is -2.26. The Balaban J connectivity index is 2.08. The van der Waals surface area contributed by atoms with E-state index in [9.17, 15) is 4.79 Å². The zero-order valence-electron chi connectivity index (χ0n) is 13.4. The number of aryl methyl sites for hydroxylation is 1. The lowest BCUT2D eigenvalue weighted by atomic mass is 9.98. The molecular weight excluding hydrogens is 266 g/mol. The van der Waals surface area contributed by atoms with Crippen LogP contribution in [0.15, 0.2) is 18.2 Å². The van der Waals surface area contributed by atoms with E-state index in [-0.39, 0.29) is 12.1 Å². The highest BCUT2D eigenvalue weighted by Gasteiger charge is 2.46. The third-order valence-corrected chi connectivity index (χ3v) is 4.46. The minimum atomic E-state index is -0.599. The predicted octanol–water partition coefficient (Wildman–Crippen LogP) is 2.76. The van der Waals surface area contributed by atoms with Crippen LogP contribution in [-0.2, 0) is 9.53 Å². The molecule has 0 radical (unpaired) electrons. The highest BCUT2D eigenvalue weighted by molar-refractivity contribution is 5.81. The van der Waals surface area contributed by atoms with Gasteiger partial charge in [0.05, 0.1) is 6.61 Å². The Kier molecular flexibility index (Phi) is 4.88. The third kappa shape index (κ3) is 3.21. The Bertz CT molecular complexity index is 515. The molecule has 21 heavy (non-hydrogen) atoms. The van der Waals surface area contributed by atoms with Crippen molar-refractivity contribution in [2.24, 2.45) is 0 Å². The van der Waals surface area contributed by atoms with Gasteiger partial charge in [0.2, 0.25) is 0 Å². The van der Waals surface area contributed by atoms with Gasteiger partial charge in [-0.3, -0.25) is 4.79 Å². The van der Waals surface area contributed by atoms with Gasteiger partial charge in [-0.05, 0) is 57.9 Å². The predicted molar refractivity (Wildman–Crippen MR) is 82.6 cm³/mol. The average molecular weight is 291 g/mol. The number of carbonyl (C=O) groups excluding carboxylic acids is 1. The number of esters is 1.